The van der Waals surface area contributed by atoms with Crippen LogP contribution in [-0.4, -0.2) is 12.1 Å². The van der Waals surface area contributed by atoms with Crippen molar-refractivity contribution < 1.29 is 22.7 Å². The highest BCUT2D eigenvalue weighted by Gasteiger charge is 2.32. The first-order valence-electron chi connectivity index (χ1n) is 6.82. The summed E-state index contributed by atoms with van der Waals surface area (Å²) >= 11 is 0. The summed E-state index contributed by atoms with van der Waals surface area (Å²) in [6.07, 6.45) is 0.162. The molecule has 1 saturated carbocycles. The SMILES string of the molecule is O=C(Cc1ccccc1OC(F)(F)F)C1CCCCC1. The third-order valence-corrected chi connectivity index (χ3v) is 3.62. The van der Waals surface area contributed by atoms with Gasteiger partial charge in [0.2, 0.25) is 0 Å². The molecule has 1 aliphatic carbocycles. The first kappa shape index (κ1) is 14.9. The molecular formula is C15H17F3O2. The van der Waals surface area contributed by atoms with E-state index in [1.54, 1.807) is 6.07 Å². The number of Topliss-reactive ketones (excluding diaryl/α,β-unsaturated/α-hetero) is 1. The summed E-state index contributed by atoms with van der Waals surface area (Å²) in [7, 11) is 0. The van der Waals surface area contributed by atoms with Gasteiger partial charge in [0.15, 0.2) is 0 Å². The maximum absolute atomic E-state index is 12.3. The molecule has 0 aliphatic heterocycles. The van der Waals surface area contributed by atoms with Crippen molar-refractivity contribution in [1.29, 1.82) is 0 Å². The molecular weight excluding hydrogens is 269 g/mol. The van der Waals surface area contributed by atoms with E-state index >= 15 is 0 Å². The molecule has 110 valence electrons. The Hall–Kier alpha value is -1.52. The predicted molar refractivity (Wildman–Crippen MR) is 68.4 cm³/mol. The number of hydrogen-bond acceptors (Lipinski definition) is 2. The van der Waals surface area contributed by atoms with E-state index in [0.29, 0.717) is 5.56 Å². The van der Waals surface area contributed by atoms with Gasteiger partial charge in [0.05, 0.1) is 0 Å². The molecule has 1 aliphatic rings. The first-order valence-corrected chi connectivity index (χ1v) is 6.82. The molecule has 0 unspecified atom stereocenters. The zero-order chi connectivity index (χ0) is 14.6. The van der Waals surface area contributed by atoms with Crippen LogP contribution in [-0.2, 0) is 11.2 Å². The summed E-state index contributed by atoms with van der Waals surface area (Å²) in [4.78, 5) is 12.1. The van der Waals surface area contributed by atoms with Gasteiger partial charge < -0.3 is 4.74 Å². The lowest BCUT2D eigenvalue weighted by Crippen LogP contribution is -2.21. The number of ketones is 1. The second kappa shape index (κ2) is 6.29. The van der Waals surface area contributed by atoms with Crippen LogP contribution in [0.5, 0.6) is 5.75 Å². The number of carbonyl (C=O) groups excluding carboxylic acids is 1. The van der Waals surface area contributed by atoms with E-state index in [0.717, 1.165) is 32.1 Å². The van der Waals surface area contributed by atoms with E-state index < -0.39 is 6.36 Å². The van der Waals surface area contributed by atoms with Crippen molar-refractivity contribution in [3.8, 4) is 5.75 Å². The molecule has 20 heavy (non-hydrogen) atoms. The highest BCUT2D eigenvalue weighted by molar-refractivity contribution is 5.83. The lowest BCUT2D eigenvalue weighted by Gasteiger charge is -2.21. The van der Waals surface area contributed by atoms with Crippen LogP contribution in [0, 0.1) is 5.92 Å². The van der Waals surface area contributed by atoms with Gasteiger partial charge in [-0.3, -0.25) is 4.79 Å². The van der Waals surface area contributed by atoms with Crippen LogP contribution in [0.2, 0.25) is 0 Å². The summed E-state index contributed by atoms with van der Waals surface area (Å²) in [5.41, 5.74) is 0.306. The van der Waals surface area contributed by atoms with Crippen LogP contribution in [0.1, 0.15) is 37.7 Å². The highest BCUT2D eigenvalue weighted by atomic mass is 19.4. The van der Waals surface area contributed by atoms with E-state index in [1.165, 1.54) is 18.2 Å². The van der Waals surface area contributed by atoms with Crippen molar-refractivity contribution in [2.45, 2.75) is 44.9 Å². The van der Waals surface area contributed by atoms with Gasteiger partial charge in [-0.05, 0) is 18.9 Å². The minimum Gasteiger partial charge on any atom is -0.405 e. The van der Waals surface area contributed by atoms with Crippen molar-refractivity contribution in [3.05, 3.63) is 29.8 Å². The van der Waals surface area contributed by atoms with Crippen LogP contribution in [0.4, 0.5) is 13.2 Å². The Balaban J connectivity index is 2.06. The molecule has 2 nitrogen and oxygen atoms in total. The van der Waals surface area contributed by atoms with Crippen molar-refractivity contribution in [1.82, 2.24) is 0 Å². The van der Waals surface area contributed by atoms with Gasteiger partial charge in [0.1, 0.15) is 11.5 Å². The second-order valence-electron chi connectivity index (χ2n) is 5.13. The second-order valence-corrected chi connectivity index (χ2v) is 5.13. The lowest BCUT2D eigenvalue weighted by atomic mass is 9.84. The molecule has 0 aromatic heterocycles. The predicted octanol–water partition coefficient (Wildman–Crippen LogP) is 4.28. The van der Waals surface area contributed by atoms with E-state index in [1.807, 2.05) is 0 Å². The zero-order valence-electron chi connectivity index (χ0n) is 11.1. The van der Waals surface area contributed by atoms with Gasteiger partial charge in [0.25, 0.3) is 0 Å². The molecule has 0 spiro atoms. The lowest BCUT2D eigenvalue weighted by molar-refractivity contribution is -0.274. The number of halogens is 3. The molecule has 0 amide bonds. The summed E-state index contributed by atoms with van der Waals surface area (Å²) in [5.74, 6) is -0.269. The minimum absolute atomic E-state index is 0.0108. The summed E-state index contributed by atoms with van der Waals surface area (Å²) in [5, 5.41) is 0. The fourth-order valence-electron chi connectivity index (χ4n) is 2.63. The van der Waals surface area contributed by atoms with Crippen molar-refractivity contribution in [2.75, 3.05) is 0 Å². The van der Waals surface area contributed by atoms with Crippen LogP contribution in [0.25, 0.3) is 0 Å². The number of ether oxygens (including phenoxy) is 1. The molecule has 0 atom stereocenters. The Kier molecular flexibility index (Phi) is 4.68. The summed E-state index contributed by atoms with van der Waals surface area (Å²) < 4.78 is 40.9. The van der Waals surface area contributed by atoms with E-state index in [-0.39, 0.29) is 23.9 Å². The third-order valence-electron chi connectivity index (χ3n) is 3.62. The smallest absolute Gasteiger partial charge is 0.405 e. The fourth-order valence-corrected chi connectivity index (χ4v) is 2.63. The van der Waals surface area contributed by atoms with Crippen molar-refractivity contribution in [2.24, 2.45) is 5.92 Å². The molecule has 0 saturated heterocycles. The molecule has 1 fully saturated rings. The minimum atomic E-state index is -4.73. The van der Waals surface area contributed by atoms with Crippen LogP contribution < -0.4 is 4.74 Å². The Morgan fingerprint density at radius 2 is 1.80 bits per heavy atom. The maximum Gasteiger partial charge on any atom is 0.573 e. The topological polar surface area (TPSA) is 26.3 Å². The standard InChI is InChI=1S/C15H17F3O2/c16-15(17,18)20-14-9-5-4-8-12(14)10-13(19)11-6-2-1-3-7-11/h4-5,8-9,11H,1-3,6-7,10H2. The van der Waals surface area contributed by atoms with Crippen molar-refractivity contribution >= 4 is 5.78 Å². The van der Waals surface area contributed by atoms with Gasteiger partial charge in [-0.1, -0.05) is 37.5 Å². The van der Waals surface area contributed by atoms with E-state index in [4.69, 9.17) is 0 Å². The molecule has 2 rings (SSSR count). The third kappa shape index (κ3) is 4.25. The maximum atomic E-state index is 12.3. The highest BCUT2D eigenvalue weighted by Crippen LogP contribution is 2.29. The zero-order valence-corrected chi connectivity index (χ0v) is 11.1. The molecule has 0 heterocycles. The fraction of sp³-hybridized carbons (Fsp3) is 0.533. The van der Waals surface area contributed by atoms with E-state index in [2.05, 4.69) is 4.74 Å². The van der Waals surface area contributed by atoms with Crippen LogP contribution >= 0.6 is 0 Å². The number of benzene rings is 1. The Labute approximate surface area is 115 Å². The Morgan fingerprint density at radius 1 is 1.15 bits per heavy atom. The van der Waals surface area contributed by atoms with Gasteiger partial charge in [-0.2, -0.15) is 0 Å². The van der Waals surface area contributed by atoms with E-state index in [9.17, 15) is 18.0 Å². The normalized spacial score (nSPS) is 16.9. The number of alkyl halides is 3. The Bertz CT molecular complexity index is 462. The average Bonchev–Trinajstić information content (AvgIpc) is 2.40. The molecule has 1 aromatic rings. The summed E-state index contributed by atoms with van der Waals surface area (Å²) in [6, 6.07) is 5.85. The number of hydrogen-bond donors (Lipinski definition) is 0. The number of carbonyl (C=O) groups is 1. The summed E-state index contributed by atoms with van der Waals surface area (Å²) in [6.45, 7) is 0. The van der Waals surface area contributed by atoms with Crippen molar-refractivity contribution in [3.63, 3.8) is 0 Å². The first-order chi connectivity index (χ1) is 9.46. The van der Waals surface area contributed by atoms with Gasteiger partial charge in [0, 0.05) is 17.9 Å². The van der Waals surface area contributed by atoms with Gasteiger partial charge in [-0.25, -0.2) is 0 Å². The molecule has 0 bridgehead atoms. The van der Waals surface area contributed by atoms with Crippen LogP contribution in [0.15, 0.2) is 24.3 Å². The Morgan fingerprint density at radius 3 is 2.45 bits per heavy atom. The quantitative estimate of drug-likeness (QED) is 0.826. The van der Waals surface area contributed by atoms with Gasteiger partial charge in [-0.15, -0.1) is 13.2 Å². The average molecular weight is 286 g/mol. The van der Waals surface area contributed by atoms with Gasteiger partial charge >= 0.3 is 6.36 Å². The molecule has 0 N–H and O–H groups in total. The molecule has 5 heteroatoms. The monoisotopic (exact) mass is 286 g/mol. The largest absolute Gasteiger partial charge is 0.573 e. The van der Waals surface area contributed by atoms with Crippen LogP contribution in [0.3, 0.4) is 0 Å². The number of rotatable bonds is 4. The molecule has 0 radical (unpaired) electrons. The molecule has 1 aromatic carbocycles. The number of para-hydroxylation sites is 1.